The standard InChI is InChI=1S/C11H11N3O3/c12-10-2-1-8(15)5-9(10)11(16)13-6-7-3-4-17-14-7/h1-5,15H,6,12H2,(H,13,16). The van der Waals surface area contributed by atoms with Crippen LogP contribution in [0.1, 0.15) is 16.1 Å². The molecule has 0 saturated heterocycles. The minimum Gasteiger partial charge on any atom is -0.508 e. The zero-order valence-electron chi connectivity index (χ0n) is 8.88. The van der Waals surface area contributed by atoms with Crippen LogP contribution in [0.2, 0.25) is 0 Å². The second kappa shape index (κ2) is 4.56. The van der Waals surface area contributed by atoms with Crippen LogP contribution in [0.3, 0.4) is 0 Å². The minimum atomic E-state index is -0.374. The first-order valence-electron chi connectivity index (χ1n) is 4.93. The molecular weight excluding hydrogens is 222 g/mol. The average molecular weight is 233 g/mol. The van der Waals surface area contributed by atoms with Crippen molar-refractivity contribution in [2.24, 2.45) is 0 Å². The molecule has 0 atom stereocenters. The van der Waals surface area contributed by atoms with Crippen LogP contribution in [-0.2, 0) is 6.54 Å². The Hall–Kier alpha value is -2.50. The van der Waals surface area contributed by atoms with E-state index in [0.717, 1.165) is 0 Å². The van der Waals surface area contributed by atoms with Gasteiger partial charge in [-0.05, 0) is 18.2 Å². The van der Waals surface area contributed by atoms with Crippen molar-refractivity contribution in [3.63, 3.8) is 0 Å². The number of rotatable bonds is 3. The van der Waals surface area contributed by atoms with Crippen molar-refractivity contribution in [1.29, 1.82) is 0 Å². The van der Waals surface area contributed by atoms with Gasteiger partial charge in [0.2, 0.25) is 0 Å². The van der Waals surface area contributed by atoms with Gasteiger partial charge in [-0.3, -0.25) is 4.79 Å². The quantitative estimate of drug-likeness (QED) is 0.540. The van der Waals surface area contributed by atoms with Crippen molar-refractivity contribution in [3.05, 3.63) is 41.8 Å². The summed E-state index contributed by atoms with van der Waals surface area (Å²) in [6.07, 6.45) is 1.42. The summed E-state index contributed by atoms with van der Waals surface area (Å²) in [5.41, 5.74) is 6.78. The van der Waals surface area contributed by atoms with Crippen molar-refractivity contribution < 1.29 is 14.4 Å². The molecule has 17 heavy (non-hydrogen) atoms. The molecule has 0 aliphatic heterocycles. The maximum Gasteiger partial charge on any atom is 0.253 e. The van der Waals surface area contributed by atoms with E-state index in [2.05, 4.69) is 15.0 Å². The topological polar surface area (TPSA) is 101 Å². The highest BCUT2D eigenvalue weighted by atomic mass is 16.5. The van der Waals surface area contributed by atoms with E-state index in [1.54, 1.807) is 6.07 Å². The van der Waals surface area contributed by atoms with Crippen molar-refractivity contribution in [2.45, 2.75) is 6.54 Å². The van der Waals surface area contributed by atoms with Gasteiger partial charge in [-0.25, -0.2) is 0 Å². The number of nitrogens with one attached hydrogen (secondary N) is 1. The largest absolute Gasteiger partial charge is 0.508 e. The molecule has 0 saturated carbocycles. The summed E-state index contributed by atoms with van der Waals surface area (Å²) >= 11 is 0. The van der Waals surface area contributed by atoms with Gasteiger partial charge in [0.05, 0.1) is 12.1 Å². The molecule has 1 amide bonds. The molecule has 1 aromatic heterocycles. The number of phenolic OH excluding ortho intramolecular Hbond substituents is 1. The molecule has 6 heteroatoms. The number of benzene rings is 1. The summed E-state index contributed by atoms with van der Waals surface area (Å²) in [7, 11) is 0. The van der Waals surface area contributed by atoms with Gasteiger partial charge in [-0.15, -0.1) is 0 Å². The lowest BCUT2D eigenvalue weighted by Crippen LogP contribution is -2.23. The highest BCUT2D eigenvalue weighted by Crippen LogP contribution is 2.18. The third-order valence-corrected chi connectivity index (χ3v) is 2.20. The molecule has 88 valence electrons. The number of carbonyl (C=O) groups is 1. The fraction of sp³-hybridized carbons (Fsp3) is 0.0909. The molecule has 0 aliphatic rings. The van der Waals surface area contributed by atoms with Gasteiger partial charge in [0.15, 0.2) is 0 Å². The Bertz CT molecular complexity index is 523. The second-order valence-corrected chi connectivity index (χ2v) is 3.45. The lowest BCUT2D eigenvalue weighted by molar-refractivity contribution is 0.0950. The van der Waals surface area contributed by atoms with Gasteiger partial charge in [0.25, 0.3) is 5.91 Å². The normalized spacial score (nSPS) is 10.1. The van der Waals surface area contributed by atoms with Crippen molar-refractivity contribution in [1.82, 2.24) is 10.5 Å². The van der Waals surface area contributed by atoms with Crippen molar-refractivity contribution >= 4 is 11.6 Å². The van der Waals surface area contributed by atoms with Gasteiger partial charge in [0, 0.05) is 11.8 Å². The number of hydrogen-bond acceptors (Lipinski definition) is 5. The Morgan fingerprint density at radius 1 is 1.47 bits per heavy atom. The molecule has 0 bridgehead atoms. The molecule has 6 nitrogen and oxygen atoms in total. The highest BCUT2D eigenvalue weighted by Gasteiger charge is 2.10. The zero-order valence-corrected chi connectivity index (χ0v) is 8.88. The maximum absolute atomic E-state index is 11.8. The maximum atomic E-state index is 11.8. The van der Waals surface area contributed by atoms with Gasteiger partial charge in [-0.2, -0.15) is 0 Å². The minimum absolute atomic E-state index is 0.00853. The molecule has 2 aromatic rings. The Kier molecular flexibility index (Phi) is 2.95. The third kappa shape index (κ3) is 2.54. The molecule has 0 fully saturated rings. The van der Waals surface area contributed by atoms with E-state index >= 15 is 0 Å². The summed E-state index contributed by atoms with van der Waals surface area (Å²) in [6.45, 7) is 0.241. The Labute approximate surface area is 97.0 Å². The summed E-state index contributed by atoms with van der Waals surface area (Å²) in [4.78, 5) is 11.8. The van der Waals surface area contributed by atoms with Gasteiger partial charge in [0.1, 0.15) is 17.7 Å². The van der Waals surface area contributed by atoms with E-state index < -0.39 is 0 Å². The highest BCUT2D eigenvalue weighted by molar-refractivity contribution is 5.99. The van der Waals surface area contributed by atoms with E-state index in [4.69, 9.17) is 5.73 Å². The number of hydrogen-bond donors (Lipinski definition) is 3. The Morgan fingerprint density at radius 2 is 2.29 bits per heavy atom. The molecule has 1 aromatic carbocycles. The van der Waals surface area contributed by atoms with Crippen LogP contribution in [-0.4, -0.2) is 16.2 Å². The summed E-state index contributed by atoms with van der Waals surface area (Å²) < 4.78 is 4.63. The Morgan fingerprint density at radius 3 is 3.00 bits per heavy atom. The molecule has 0 aliphatic carbocycles. The van der Waals surface area contributed by atoms with Gasteiger partial charge < -0.3 is 20.7 Å². The van der Waals surface area contributed by atoms with Crippen LogP contribution >= 0.6 is 0 Å². The summed E-state index contributed by atoms with van der Waals surface area (Å²) in [6, 6.07) is 5.85. The average Bonchev–Trinajstić information content (AvgIpc) is 2.82. The van der Waals surface area contributed by atoms with E-state index in [1.807, 2.05) is 0 Å². The monoisotopic (exact) mass is 233 g/mol. The van der Waals surface area contributed by atoms with E-state index in [9.17, 15) is 9.90 Å². The number of nitrogens with two attached hydrogens (primary N) is 1. The van der Waals surface area contributed by atoms with Crippen LogP contribution < -0.4 is 11.1 Å². The fourth-order valence-corrected chi connectivity index (χ4v) is 1.34. The van der Waals surface area contributed by atoms with Crippen LogP contribution in [0.5, 0.6) is 5.75 Å². The smallest absolute Gasteiger partial charge is 0.253 e. The van der Waals surface area contributed by atoms with E-state index in [0.29, 0.717) is 11.4 Å². The van der Waals surface area contributed by atoms with Gasteiger partial charge >= 0.3 is 0 Å². The first-order chi connectivity index (χ1) is 8.16. The number of carbonyl (C=O) groups excluding carboxylic acids is 1. The lowest BCUT2D eigenvalue weighted by Gasteiger charge is -2.06. The zero-order chi connectivity index (χ0) is 12.3. The second-order valence-electron chi connectivity index (χ2n) is 3.45. The van der Waals surface area contributed by atoms with Crippen molar-refractivity contribution in [2.75, 3.05) is 5.73 Å². The molecule has 0 unspecified atom stereocenters. The summed E-state index contributed by atoms with van der Waals surface area (Å²) in [5.74, 6) is -0.382. The first-order valence-corrected chi connectivity index (χ1v) is 4.93. The van der Waals surface area contributed by atoms with E-state index in [1.165, 1.54) is 24.5 Å². The SMILES string of the molecule is Nc1ccc(O)cc1C(=O)NCc1ccon1. The number of aromatic nitrogens is 1. The molecular formula is C11H11N3O3. The predicted molar refractivity (Wildman–Crippen MR) is 60.2 cm³/mol. The predicted octanol–water partition coefficient (Wildman–Crippen LogP) is 0.892. The van der Waals surface area contributed by atoms with Crippen LogP contribution in [0, 0.1) is 0 Å². The van der Waals surface area contributed by atoms with Crippen LogP contribution in [0.15, 0.2) is 35.1 Å². The fourth-order valence-electron chi connectivity index (χ4n) is 1.34. The molecule has 2 rings (SSSR count). The van der Waals surface area contributed by atoms with Crippen LogP contribution in [0.25, 0.3) is 0 Å². The van der Waals surface area contributed by atoms with E-state index in [-0.39, 0.29) is 23.8 Å². The number of aromatic hydroxyl groups is 1. The third-order valence-electron chi connectivity index (χ3n) is 2.20. The molecule has 0 radical (unpaired) electrons. The number of nitrogen functional groups attached to an aromatic ring is 1. The molecule has 1 heterocycles. The first kappa shape index (κ1) is 11.0. The lowest BCUT2D eigenvalue weighted by atomic mass is 10.1. The number of nitrogens with zero attached hydrogens (tertiary/aromatic N) is 1. The van der Waals surface area contributed by atoms with Gasteiger partial charge in [-0.1, -0.05) is 5.16 Å². The number of anilines is 1. The number of amides is 1. The number of phenols is 1. The summed E-state index contributed by atoms with van der Waals surface area (Å²) in [5, 5.41) is 15.5. The molecule has 4 N–H and O–H groups in total. The van der Waals surface area contributed by atoms with Crippen LogP contribution in [0.4, 0.5) is 5.69 Å². The molecule has 0 spiro atoms. The van der Waals surface area contributed by atoms with Crippen molar-refractivity contribution in [3.8, 4) is 5.75 Å². The Balaban J connectivity index is 2.07.